The second-order valence-corrected chi connectivity index (χ2v) is 12.3. The van der Waals surface area contributed by atoms with E-state index in [4.69, 9.17) is 4.74 Å². The number of halogens is 4. The number of allylic oxidation sites excluding steroid dienone is 1. The predicted octanol–water partition coefficient (Wildman–Crippen LogP) is 9.06. The molecule has 1 aliphatic carbocycles. The Morgan fingerprint density at radius 2 is 1.70 bits per heavy atom. The van der Waals surface area contributed by atoms with Crippen LogP contribution in [0.1, 0.15) is 78.7 Å². The van der Waals surface area contributed by atoms with Crippen LogP contribution in [0.5, 0.6) is 0 Å². The molecular formula is C34H33F4NO4. The number of benzene rings is 3. The van der Waals surface area contributed by atoms with E-state index in [1.807, 2.05) is 6.07 Å². The molecule has 1 saturated heterocycles. The summed E-state index contributed by atoms with van der Waals surface area (Å²) in [4.78, 5) is 25.9. The molecule has 1 amide bonds. The summed E-state index contributed by atoms with van der Waals surface area (Å²) in [7, 11) is 0. The lowest BCUT2D eigenvalue weighted by atomic mass is 9.72. The summed E-state index contributed by atoms with van der Waals surface area (Å²) in [5.74, 6) is -1.49. The third-order valence-electron chi connectivity index (χ3n) is 8.39. The van der Waals surface area contributed by atoms with E-state index in [0.29, 0.717) is 35.1 Å². The first-order chi connectivity index (χ1) is 20.1. The van der Waals surface area contributed by atoms with Crippen LogP contribution < -0.4 is 0 Å². The number of nitrogens with zero attached hydrogens (tertiary/aromatic N) is 1. The van der Waals surface area contributed by atoms with Gasteiger partial charge in [-0.15, -0.1) is 0 Å². The Kier molecular flexibility index (Phi) is 7.88. The average Bonchev–Trinajstić information content (AvgIpc) is 3.20. The highest BCUT2D eigenvalue weighted by atomic mass is 19.4. The molecule has 0 radical (unpaired) electrons. The maximum atomic E-state index is 15.0. The molecule has 1 N–H and O–H groups in total. The van der Waals surface area contributed by atoms with Crippen molar-refractivity contribution in [3.8, 4) is 11.1 Å². The van der Waals surface area contributed by atoms with Crippen molar-refractivity contribution in [2.75, 3.05) is 6.54 Å². The smallest absolute Gasteiger partial charge is 0.416 e. The average molecular weight is 596 g/mol. The van der Waals surface area contributed by atoms with E-state index < -0.39 is 41.8 Å². The number of amides is 1. The largest absolute Gasteiger partial charge is 0.478 e. The first kappa shape index (κ1) is 30.3. The zero-order valence-corrected chi connectivity index (χ0v) is 24.4. The minimum absolute atomic E-state index is 0.0773. The second kappa shape index (κ2) is 11.2. The molecule has 5 nitrogen and oxygen atoms in total. The summed E-state index contributed by atoms with van der Waals surface area (Å²) in [6.45, 7) is 7.80. The molecule has 1 heterocycles. The molecule has 3 aromatic carbocycles. The van der Waals surface area contributed by atoms with Gasteiger partial charge in [-0.3, -0.25) is 4.90 Å². The predicted molar refractivity (Wildman–Crippen MR) is 155 cm³/mol. The summed E-state index contributed by atoms with van der Waals surface area (Å²) in [5, 5.41) is 9.22. The Morgan fingerprint density at radius 1 is 1.02 bits per heavy atom. The van der Waals surface area contributed by atoms with E-state index >= 15 is 0 Å². The van der Waals surface area contributed by atoms with E-state index in [9.17, 15) is 32.3 Å². The third-order valence-corrected chi connectivity index (χ3v) is 8.39. The molecule has 43 heavy (non-hydrogen) atoms. The zero-order valence-electron chi connectivity index (χ0n) is 24.4. The number of aryl methyl sites for hydroxylation is 1. The van der Waals surface area contributed by atoms with Crippen LogP contribution in [0.15, 0.2) is 66.2 Å². The molecule has 0 spiro atoms. The van der Waals surface area contributed by atoms with Crippen molar-refractivity contribution in [2.24, 2.45) is 5.41 Å². The van der Waals surface area contributed by atoms with Gasteiger partial charge in [0.1, 0.15) is 11.9 Å². The van der Waals surface area contributed by atoms with E-state index in [-0.39, 0.29) is 23.1 Å². The number of carboxylic acid groups (broad SMARTS) is 1. The number of hydrogen-bond donors (Lipinski definition) is 1. The van der Waals surface area contributed by atoms with Crippen LogP contribution in [0.25, 0.3) is 16.7 Å². The number of aromatic carboxylic acids is 1. The highest BCUT2D eigenvalue weighted by Gasteiger charge is 2.42. The van der Waals surface area contributed by atoms with Crippen molar-refractivity contribution < 1.29 is 37.0 Å². The molecule has 2 atom stereocenters. The third kappa shape index (κ3) is 6.45. The van der Waals surface area contributed by atoms with Gasteiger partial charge < -0.3 is 9.84 Å². The number of hydrogen-bond acceptors (Lipinski definition) is 3. The van der Waals surface area contributed by atoms with Crippen LogP contribution in [0.4, 0.5) is 22.4 Å². The Labute approximate surface area is 247 Å². The van der Waals surface area contributed by atoms with Crippen molar-refractivity contribution in [1.82, 2.24) is 4.90 Å². The molecule has 0 unspecified atom stereocenters. The van der Waals surface area contributed by atoms with Gasteiger partial charge >= 0.3 is 18.2 Å². The van der Waals surface area contributed by atoms with Crippen LogP contribution >= 0.6 is 0 Å². The zero-order chi connectivity index (χ0) is 31.3. The quantitative estimate of drug-likeness (QED) is 0.289. The van der Waals surface area contributed by atoms with Gasteiger partial charge in [0, 0.05) is 6.54 Å². The summed E-state index contributed by atoms with van der Waals surface area (Å²) in [6.07, 6.45) is -3.87. The topological polar surface area (TPSA) is 66.8 Å². The fourth-order valence-electron chi connectivity index (χ4n) is 6.15. The number of carbonyl (C=O) groups excluding carboxylic acids is 1. The van der Waals surface area contributed by atoms with Gasteiger partial charge in [-0.2, -0.15) is 13.2 Å². The highest BCUT2D eigenvalue weighted by molar-refractivity contribution is 5.88. The number of alkyl halides is 3. The first-order valence-corrected chi connectivity index (χ1v) is 14.1. The van der Waals surface area contributed by atoms with Crippen LogP contribution in [0.2, 0.25) is 0 Å². The van der Waals surface area contributed by atoms with Gasteiger partial charge in [0.05, 0.1) is 17.2 Å². The van der Waals surface area contributed by atoms with Crippen molar-refractivity contribution in [3.05, 3.63) is 99.9 Å². The SMILES string of the molecule is Cc1cc([C@H]2OC(=O)N(CC3=C(c4cc(F)cc(-c5ccc(C(=O)O)cc5)c4)CCC(C)(C)C3)[C@H]2C)cc(C(F)(F)F)c1. The molecule has 226 valence electrons. The normalized spacial score (nSPS) is 20.4. The monoisotopic (exact) mass is 595 g/mol. The molecule has 0 saturated carbocycles. The molecule has 1 aliphatic heterocycles. The maximum absolute atomic E-state index is 15.0. The number of cyclic esters (lactones) is 1. The fourth-order valence-corrected chi connectivity index (χ4v) is 6.15. The van der Waals surface area contributed by atoms with Crippen LogP contribution in [-0.4, -0.2) is 34.7 Å². The summed E-state index contributed by atoms with van der Waals surface area (Å²) in [6, 6.07) is 14.1. The van der Waals surface area contributed by atoms with Gasteiger partial charge in [0.15, 0.2) is 0 Å². The van der Waals surface area contributed by atoms with Gasteiger partial charge in [0.25, 0.3) is 0 Å². The molecule has 3 aromatic rings. The molecule has 1 fully saturated rings. The van der Waals surface area contributed by atoms with E-state index in [1.54, 1.807) is 36.9 Å². The molecule has 2 aliphatic rings. The Balaban J connectivity index is 1.49. The second-order valence-electron chi connectivity index (χ2n) is 12.3. The van der Waals surface area contributed by atoms with Gasteiger partial charge in [-0.25, -0.2) is 14.0 Å². The summed E-state index contributed by atoms with van der Waals surface area (Å²) < 4.78 is 61.2. The van der Waals surface area contributed by atoms with Crippen molar-refractivity contribution >= 4 is 17.6 Å². The number of carbonyl (C=O) groups is 2. The number of rotatable bonds is 6. The molecule has 5 rings (SSSR count). The molecular weight excluding hydrogens is 562 g/mol. The Morgan fingerprint density at radius 3 is 2.35 bits per heavy atom. The Bertz CT molecular complexity index is 1610. The van der Waals surface area contributed by atoms with Gasteiger partial charge in [-0.1, -0.05) is 37.6 Å². The number of carboxylic acids is 1. The summed E-state index contributed by atoms with van der Waals surface area (Å²) >= 11 is 0. The molecule has 9 heteroatoms. The van der Waals surface area contributed by atoms with Gasteiger partial charge in [0.2, 0.25) is 0 Å². The summed E-state index contributed by atoms with van der Waals surface area (Å²) in [5.41, 5.74) is 3.77. The van der Waals surface area contributed by atoms with Crippen LogP contribution in [0.3, 0.4) is 0 Å². The van der Waals surface area contributed by atoms with Crippen molar-refractivity contribution in [2.45, 2.75) is 65.3 Å². The minimum Gasteiger partial charge on any atom is -0.478 e. The van der Waals surface area contributed by atoms with Crippen molar-refractivity contribution in [3.63, 3.8) is 0 Å². The standard InChI is InChI=1S/C34H33F4NO4/c1-19-11-25(14-27(12-19)34(36,37)38)30-20(2)39(32(42)43-30)18-26-17-33(3,4)10-9-29(26)24-13-23(15-28(35)16-24)21-5-7-22(8-6-21)31(40)41/h5-8,11-16,20,30H,9-10,17-18H2,1-4H3,(H,40,41)/t20-,30-/m0/s1. The maximum Gasteiger partial charge on any atom is 0.416 e. The molecule has 0 aromatic heterocycles. The lowest BCUT2D eigenvalue weighted by Gasteiger charge is -2.35. The van der Waals surface area contributed by atoms with E-state index in [2.05, 4.69) is 13.8 Å². The van der Waals surface area contributed by atoms with E-state index in [0.717, 1.165) is 29.7 Å². The Hall–Kier alpha value is -4.14. The fraction of sp³-hybridized carbons (Fsp3) is 0.353. The molecule has 0 bridgehead atoms. The number of ether oxygens (including phenoxy) is 1. The van der Waals surface area contributed by atoms with E-state index in [1.165, 1.54) is 24.3 Å². The van der Waals surface area contributed by atoms with Crippen molar-refractivity contribution in [1.29, 1.82) is 0 Å². The van der Waals surface area contributed by atoms with Gasteiger partial charge in [-0.05, 0) is 114 Å². The lowest BCUT2D eigenvalue weighted by molar-refractivity contribution is -0.137. The first-order valence-electron chi connectivity index (χ1n) is 14.1. The van der Waals surface area contributed by atoms with Crippen LogP contribution in [-0.2, 0) is 10.9 Å². The minimum atomic E-state index is -4.53. The highest BCUT2D eigenvalue weighted by Crippen LogP contribution is 2.45. The van der Waals surface area contributed by atoms with Crippen LogP contribution in [0, 0.1) is 18.2 Å². The lowest BCUT2D eigenvalue weighted by Crippen LogP contribution is -2.35.